The molecule has 2 aromatic carbocycles. The molecule has 6 nitrogen and oxygen atoms in total. The summed E-state index contributed by atoms with van der Waals surface area (Å²) in [5.41, 5.74) is 3.49. The average molecular weight is 366 g/mol. The number of halogens is 1. The van der Waals surface area contributed by atoms with Crippen LogP contribution in [-0.2, 0) is 4.79 Å². The van der Waals surface area contributed by atoms with Gasteiger partial charge >= 0.3 is 0 Å². The predicted molar refractivity (Wildman–Crippen MR) is 102 cm³/mol. The molecule has 1 aromatic heterocycles. The van der Waals surface area contributed by atoms with Gasteiger partial charge in [-0.2, -0.15) is 10.1 Å². The van der Waals surface area contributed by atoms with E-state index in [0.717, 1.165) is 22.5 Å². The van der Waals surface area contributed by atoms with Crippen molar-refractivity contribution in [2.45, 2.75) is 13.0 Å². The molecule has 0 aliphatic carbocycles. The highest BCUT2D eigenvalue weighted by Gasteiger charge is 2.24. The zero-order valence-corrected chi connectivity index (χ0v) is 14.7. The van der Waals surface area contributed by atoms with Gasteiger partial charge in [-0.3, -0.25) is 4.79 Å². The summed E-state index contributed by atoms with van der Waals surface area (Å²) >= 11 is 6.41. The molecule has 1 aliphatic heterocycles. The molecule has 0 unspecified atom stereocenters. The molecule has 0 radical (unpaired) electrons. The van der Waals surface area contributed by atoms with Crippen LogP contribution >= 0.6 is 11.6 Å². The largest absolute Gasteiger partial charge is 0.326 e. The molecular weight excluding hydrogens is 350 g/mol. The minimum absolute atomic E-state index is 0.110. The zero-order valence-electron chi connectivity index (χ0n) is 14.0. The maximum atomic E-state index is 11.3. The Labute approximate surface area is 155 Å². The molecule has 4 rings (SSSR count). The number of amides is 1. The maximum absolute atomic E-state index is 11.3. The number of aromatic nitrogens is 3. The monoisotopic (exact) mass is 365 g/mol. The number of nitrogens with zero attached hydrogens (tertiary/aromatic N) is 3. The number of benzene rings is 2. The van der Waals surface area contributed by atoms with E-state index >= 15 is 0 Å². The maximum Gasteiger partial charge on any atom is 0.226 e. The second-order valence-corrected chi connectivity index (χ2v) is 6.37. The molecule has 1 amide bonds. The highest BCUT2D eigenvalue weighted by atomic mass is 35.5. The van der Waals surface area contributed by atoms with Gasteiger partial charge in [0, 0.05) is 23.3 Å². The molecule has 0 saturated carbocycles. The zero-order chi connectivity index (χ0) is 18.1. The third-order valence-electron chi connectivity index (χ3n) is 4.13. The van der Waals surface area contributed by atoms with E-state index in [9.17, 15) is 4.79 Å². The lowest BCUT2D eigenvalue weighted by molar-refractivity contribution is -0.114. The van der Waals surface area contributed by atoms with Crippen LogP contribution < -0.4 is 10.6 Å². The minimum atomic E-state index is -0.179. The first-order valence-electron chi connectivity index (χ1n) is 8.12. The second kappa shape index (κ2) is 6.65. The van der Waals surface area contributed by atoms with Crippen molar-refractivity contribution in [1.29, 1.82) is 0 Å². The van der Waals surface area contributed by atoms with Crippen LogP contribution in [0.15, 0.2) is 60.9 Å². The molecule has 1 aliphatic rings. The Morgan fingerprint density at radius 2 is 2.08 bits per heavy atom. The first-order chi connectivity index (χ1) is 12.6. The quantitative estimate of drug-likeness (QED) is 0.737. The molecule has 130 valence electrons. The molecule has 0 saturated heterocycles. The topological polar surface area (TPSA) is 71.8 Å². The van der Waals surface area contributed by atoms with Crippen LogP contribution in [0.4, 0.5) is 11.6 Å². The van der Waals surface area contributed by atoms with Gasteiger partial charge in [0.15, 0.2) is 0 Å². The molecule has 0 spiro atoms. The third kappa shape index (κ3) is 3.07. The van der Waals surface area contributed by atoms with E-state index in [1.807, 2.05) is 48.5 Å². The minimum Gasteiger partial charge on any atom is -0.326 e. The Morgan fingerprint density at radius 1 is 1.23 bits per heavy atom. The van der Waals surface area contributed by atoms with E-state index < -0.39 is 0 Å². The van der Waals surface area contributed by atoms with Crippen LogP contribution in [0.25, 0.3) is 5.70 Å². The van der Waals surface area contributed by atoms with Gasteiger partial charge in [0.05, 0.1) is 0 Å². The molecule has 2 heterocycles. The Kier molecular flexibility index (Phi) is 4.18. The van der Waals surface area contributed by atoms with E-state index in [1.54, 1.807) is 4.68 Å². The number of carbonyl (C=O) groups excluding carboxylic acids is 1. The van der Waals surface area contributed by atoms with Crippen molar-refractivity contribution in [3.05, 3.63) is 77.1 Å². The van der Waals surface area contributed by atoms with E-state index in [4.69, 9.17) is 11.6 Å². The van der Waals surface area contributed by atoms with Crippen LogP contribution in [0, 0.1) is 0 Å². The van der Waals surface area contributed by atoms with Gasteiger partial charge in [-0.1, -0.05) is 41.9 Å². The van der Waals surface area contributed by atoms with E-state index in [0.29, 0.717) is 11.0 Å². The summed E-state index contributed by atoms with van der Waals surface area (Å²) in [6.07, 6.45) is 3.56. The number of rotatable bonds is 3. The molecule has 3 aromatic rings. The summed E-state index contributed by atoms with van der Waals surface area (Å²) in [5, 5.41) is 11.1. The summed E-state index contributed by atoms with van der Waals surface area (Å²) in [6.45, 7) is 1.49. The Bertz CT molecular complexity index is 1010. The highest BCUT2D eigenvalue weighted by molar-refractivity contribution is 6.31. The molecule has 2 N–H and O–H groups in total. The normalized spacial score (nSPS) is 15.6. The number of nitrogens with one attached hydrogen (secondary N) is 2. The van der Waals surface area contributed by atoms with E-state index in [2.05, 4.69) is 26.8 Å². The summed E-state index contributed by atoms with van der Waals surface area (Å²) < 4.78 is 1.79. The number of hydrogen-bond donors (Lipinski definition) is 2. The van der Waals surface area contributed by atoms with Crippen molar-refractivity contribution in [1.82, 2.24) is 14.8 Å². The fraction of sp³-hybridized carbons (Fsp3) is 0.105. The lowest BCUT2D eigenvalue weighted by atomic mass is 10.0. The SMILES string of the molecule is CC(=O)Nc1cccc(C2=C[C@H](c3ccccc3Cl)n3ncnc3N2)c1. The molecule has 26 heavy (non-hydrogen) atoms. The van der Waals surface area contributed by atoms with Crippen LogP contribution in [0.3, 0.4) is 0 Å². The molecular formula is C19H16ClN5O. The smallest absolute Gasteiger partial charge is 0.226 e. The Balaban J connectivity index is 1.78. The lowest BCUT2D eigenvalue weighted by Crippen LogP contribution is -2.20. The molecule has 0 bridgehead atoms. The van der Waals surface area contributed by atoms with Gasteiger partial charge in [0.1, 0.15) is 12.4 Å². The van der Waals surface area contributed by atoms with Gasteiger partial charge in [-0.15, -0.1) is 0 Å². The fourth-order valence-electron chi connectivity index (χ4n) is 3.01. The number of allylic oxidation sites excluding steroid dienone is 1. The van der Waals surface area contributed by atoms with Crippen molar-refractivity contribution >= 4 is 34.8 Å². The van der Waals surface area contributed by atoms with Crippen molar-refractivity contribution < 1.29 is 4.79 Å². The van der Waals surface area contributed by atoms with Gasteiger partial charge in [0.2, 0.25) is 11.9 Å². The Hall–Kier alpha value is -3.12. The number of carbonyl (C=O) groups is 1. The van der Waals surface area contributed by atoms with Crippen LogP contribution in [0.2, 0.25) is 5.02 Å². The van der Waals surface area contributed by atoms with E-state index in [1.165, 1.54) is 13.3 Å². The van der Waals surface area contributed by atoms with Crippen molar-refractivity contribution in [3.8, 4) is 0 Å². The standard InChI is InChI=1S/C19H16ClN5O/c1-12(26)23-14-6-4-5-13(9-14)17-10-18(15-7-2-3-8-16(15)20)25-19(24-17)21-11-22-25/h2-11,18H,1H3,(H,23,26)(H,21,22,24)/t18-/m1/s1. The first kappa shape index (κ1) is 16.4. The summed E-state index contributed by atoms with van der Waals surface area (Å²) in [6, 6.07) is 15.1. The van der Waals surface area contributed by atoms with Gasteiger partial charge in [-0.05, 0) is 35.4 Å². The number of hydrogen-bond acceptors (Lipinski definition) is 4. The van der Waals surface area contributed by atoms with E-state index in [-0.39, 0.29) is 11.9 Å². The number of fused-ring (bicyclic) bond motifs is 1. The second-order valence-electron chi connectivity index (χ2n) is 5.96. The number of anilines is 2. The van der Waals surface area contributed by atoms with Gasteiger partial charge in [0.25, 0.3) is 0 Å². The predicted octanol–water partition coefficient (Wildman–Crippen LogP) is 3.95. The van der Waals surface area contributed by atoms with Crippen molar-refractivity contribution in [3.63, 3.8) is 0 Å². The van der Waals surface area contributed by atoms with Gasteiger partial charge < -0.3 is 10.6 Å². The summed E-state index contributed by atoms with van der Waals surface area (Å²) in [5.74, 6) is 0.527. The first-order valence-corrected chi connectivity index (χ1v) is 8.50. The summed E-state index contributed by atoms with van der Waals surface area (Å²) in [7, 11) is 0. The van der Waals surface area contributed by atoms with Crippen molar-refractivity contribution in [2.24, 2.45) is 0 Å². The summed E-state index contributed by atoms with van der Waals surface area (Å²) in [4.78, 5) is 15.6. The van der Waals surface area contributed by atoms with Crippen LogP contribution in [-0.4, -0.2) is 20.7 Å². The third-order valence-corrected chi connectivity index (χ3v) is 4.47. The molecule has 7 heteroatoms. The fourth-order valence-corrected chi connectivity index (χ4v) is 3.25. The average Bonchev–Trinajstić information content (AvgIpc) is 3.10. The van der Waals surface area contributed by atoms with Crippen molar-refractivity contribution in [2.75, 3.05) is 10.6 Å². The van der Waals surface area contributed by atoms with Gasteiger partial charge in [-0.25, -0.2) is 4.68 Å². The van der Waals surface area contributed by atoms with Crippen LogP contribution in [0.1, 0.15) is 24.1 Å². The van der Waals surface area contributed by atoms with Crippen LogP contribution in [0.5, 0.6) is 0 Å². The Morgan fingerprint density at radius 3 is 2.88 bits per heavy atom. The lowest BCUT2D eigenvalue weighted by Gasteiger charge is -2.25. The molecule has 0 fully saturated rings. The highest BCUT2D eigenvalue weighted by Crippen LogP contribution is 2.35. The molecule has 1 atom stereocenters.